The van der Waals surface area contributed by atoms with Gasteiger partial charge in [-0.15, -0.1) is 0 Å². The Kier molecular flexibility index (Phi) is 4.56. The average Bonchev–Trinajstić information content (AvgIpc) is 1.96. The molecule has 0 radical (unpaired) electrons. The van der Waals surface area contributed by atoms with Gasteiger partial charge in [-0.25, -0.2) is 9.36 Å². The summed E-state index contributed by atoms with van der Waals surface area (Å²) in [5, 5.41) is 0. The van der Waals surface area contributed by atoms with E-state index in [9.17, 15) is 9.36 Å². The molecule has 6 nitrogen and oxygen atoms in total. The largest absolute Gasteiger partial charge is 0.527 e. The van der Waals surface area contributed by atoms with Crippen LogP contribution in [0.5, 0.6) is 0 Å². The van der Waals surface area contributed by atoms with Gasteiger partial charge in [-0.1, -0.05) is 13.2 Å². The molecule has 0 heterocycles. The number of hydrogen-bond acceptors (Lipinski definition) is 4. The van der Waals surface area contributed by atoms with Gasteiger partial charge in [0.2, 0.25) is 0 Å². The van der Waals surface area contributed by atoms with Crippen LogP contribution < -0.4 is 5.73 Å². The molecule has 0 aliphatic heterocycles. The molecular formula is C7H12NO5P. The van der Waals surface area contributed by atoms with Gasteiger partial charge in [0.1, 0.15) is 0 Å². The molecule has 0 amide bonds. The molecule has 0 aromatic carbocycles. The van der Waals surface area contributed by atoms with Crippen LogP contribution in [0, 0.1) is 0 Å². The molecule has 0 unspecified atom stereocenters. The molecule has 0 saturated carbocycles. The van der Waals surface area contributed by atoms with E-state index in [1.165, 1.54) is 0 Å². The van der Waals surface area contributed by atoms with Crippen LogP contribution in [0.1, 0.15) is 12.8 Å². The Morgan fingerprint density at radius 2 is 1.86 bits per heavy atom. The summed E-state index contributed by atoms with van der Waals surface area (Å²) in [7, 11) is -4.79. The second kappa shape index (κ2) is 4.95. The number of phosphoric acid groups is 1. The van der Waals surface area contributed by atoms with E-state index in [2.05, 4.69) is 17.7 Å². The molecule has 4 N–H and O–H groups in total. The summed E-state index contributed by atoms with van der Waals surface area (Å²) in [5.41, 5.74) is 5.53. The second-order valence-electron chi connectivity index (χ2n) is 2.63. The van der Waals surface area contributed by atoms with Crippen LogP contribution in [0.15, 0.2) is 24.4 Å². The summed E-state index contributed by atoms with van der Waals surface area (Å²) in [6.07, 6.45) is 0.475. The van der Waals surface area contributed by atoms with Crippen LogP contribution >= 0.6 is 7.82 Å². The molecule has 80 valence electrons. The molecule has 0 rings (SSSR count). The first-order valence-electron chi connectivity index (χ1n) is 3.63. The molecule has 7 heteroatoms. The average molecular weight is 221 g/mol. The van der Waals surface area contributed by atoms with E-state index in [1.54, 1.807) is 0 Å². The van der Waals surface area contributed by atoms with Crippen molar-refractivity contribution in [3.05, 3.63) is 24.4 Å². The lowest BCUT2D eigenvalue weighted by Crippen LogP contribution is -2.06. The van der Waals surface area contributed by atoms with Gasteiger partial charge in [0.25, 0.3) is 0 Å². The highest BCUT2D eigenvalue weighted by atomic mass is 31.2. The molecule has 0 saturated heterocycles. The second-order valence-corrected chi connectivity index (χ2v) is 3.79. The van der Waals surface area contributed by atoms with E-state index >= 15 is 0 Å². The van der Waals surface area contributed by atoms with Crippen molar-refractivity contribution in [2.45, 2.75) is 12.8 Å². The van der Waals surface area contributed by atoms with Crippen molar-refractivity contribution in [1.82, 2.24) is 0 Å². The fourth-order valence-corrected chi connectivity index (χ4v) is 0.931. The topological polar surface area (TPSA) is 110 Å². The van der Waals surface area contributed by atoms with E-state index in [0.717, 1.165) is 0 Å². The lowest BCUT2D eigenvalue weighted by molar-refractivity contribution is -0.131. The maximum atomic E-state index is 10.9. The van der Waals surface area contributed by atoms with Crippen LogP contribution in [-0.2, 0) is 13.9 Å². The fraction of sp³-hybridized carbons (Fsp3) is 0.286. The molecule has 0 aliphatic carbocycles. The normalized spacial score (nSPS) is 10.7. The Labute approximate surface area is 81.3 Å². The van der Waals surface area contributed by atoms with Gasteiger partial charge in [0, 0.05) is 11.3 Å². The lowest BCUT2D eigenvalue weighted by Gasteiger charge is -2.06. The summed E-state index contributed by atoms with van der Waals surface area (Å²) >= 11 is 0. The van der Waals surface area contributed by atoms with Crippen molar-refractivity contribution in [2.24, 2.45) is 5.73 Å². The smallest absolute Gasteiger partial charge is 0.403 e. The van der Waals surface area contributed by atoms with Gasteiger partial charge in [-0.3, -0.25) is 9.79 Å². The highest BCUT2D eigenvalue weighted by molar-refractivity contribution is 7.46. The van der Waals surface area contributed by atoms with E-state index in [1.807, 2.05) is 0 Å². The standard InChI is InChI=1S/C7H12NO5P/c1-5(3-4-6(2)8)7(9)13-14(10,11)12/h1-4,8H2,(H2,10,11,12). The zero-order valence-corrected chi connectivity index (χ0v) is 8.37. The van der Waals surface area contributed by atoms with Crippen molar-refractivity contribution in [3.8, 4) is 0 Å². The minimum Gasteiger partial charge on any atom is -0.403 e. The monoisotopic (exact) mass is 221 g/mol. The summed E-state index contributed by atoms with van der Waals surface area (Å²) in [6, 6.07) is 0. The maximum Gasteiger partial charge on any atom is 0.527 e. The predicted molar refractivity (Wildman–Crippen MR) is 49.8 cm³/mol. The van der Waals surface area contributed by atoms with Gasteiger partial charge in [0.15, 0.2) is 0 Å². The van der Waals surface area contributed by atoms with Crippen molar-refractivity contribution in [1.29, 1.82) is 0 Å². The van der Waals surface area contributed by atoms with Crippen molar-refractivity contribution in [3.63, 3.8) is 0 Å². The third-order valence-electron chi connectivity index (χ3n) is 1.24. The van der Waals surface area contributed by atoms with E-state index in [-0.39, 0.29) is 12.0 Å². The molecule has 0 aliphatic rings. The molecule has 0 atom stereocenters. The Hall–Kier alpha value is -1.10. The summed E-state index contributed by atoms with van der Waals surface area (Å²) in [6.45, 7) is 6.69. The third-order valence-corrected chi connectivity index (χ3v) is 1.64. The minimum absolute atomic E-state index is 0.0556. The molecule has 0 bridgehead atoms. The van der Waals surface area contributed by atoms with Crippen LogP contribution in [0.2, 0.25) is 0 Å². The Bertz CT molecular complexity index is 305. The van der Waals surface area contributed by atoms with E-state index in [4.69, 9.17) is 15.5 Å². The zero-order chi connectivity index (χ0) is 11.4. The SMILES string of the molecule is C=C(N)CCC(=C)C(=O)OP(=O)(O)O. The van der Waals surface area contributed by atoms with Gasteiger partial charge in [-0.05, 0) is 12.8 Å². The third kappa shape index (κ3) is 6.42. The molecule has 14 heavy (non-hydrogen) atoms. The van der Waals surface area contributed by atoms with Gasteiger partial charge in [-0.2, -0.15) is 0 Å². The first-order chi connectivity index (χ1) is 6.22. The Balaban J connectivity index is 4.08. The fourth-order valence-electron chi connectivity index (χ4n) is 0.586. The first kappa shape index (κ1) is 12.9. The maximum absolute atomic E-state index is 10.9. The van der Waals surface area contributed by atoms with Crippen molar-refractivity contribution < 1.29 is 23.7 Å². The van der Waals surface area contributed by atoms with Gasteiger partial charge < -0.3 is 10.3 Å². The summed E-state index contributed by atoms with van der Waals surface area (Å²) in [4.78, 5) is 27.5. The molecular weight excluding hydrogens is 209 g/mol. The van der Waals surface area contributed by atoms with Crippen molar-refractivity contribution >= 4 is 13.8 Å². The molecule has 0 fully saturated rings. The number of allylic oxidation sites excluding steroid dienone is 1. The highest BCUT2D eigenvalue weighted by Crippen LogP contribution is 2.36. The zero-order valence-electron chi connectivity index (χ0n) is 7.47. The Morgan fingerprint density at radius 1 is 1.36 bits per heavy atom. The first-order valence-corrected chi connectivity index (χ1v) is 5.16. The number of carbonyl (C=O) groups excluding carboxylic acids is 1. The van der Waals surface area contributed by atoms with Gasteiger partial charge in [0.05, 0.1) is 0 Å². The predicted octanol–water partition coefficient (Wildman–Crippen LogP) is 0.431. The van der Waals surface area contributed by atoms with E-state index in [0.29, 0.717) is 12.1 Å². The molecule has 0 spiro atoms. The molecule has 0 aromatic rings. The Morgan fingerprint density at radius 3 is 2.21 bits per heavy atom. The number of hydrogen-bond donors (Lipinski definition) is 3. The van der Waals surface area contributed by atoms with Crippen LogP contribution in [0.25, 0.3) is 0 Å². The number of rotatable bonds is 5. The number of carbonyl (C=O) groups is 1. The number of phosphoric ester groups is 1. The van der Waals surface area contributed by atoms with Crippen LogP contribution in [0.3, 0.4) is 0 Å². The quantitative estimate of drug-likeness (QED) is 0.458. The van der Waals surface area contributed by atoms with Crippen LogP contribution in [-0.4, -0.2) is 15.8 Å². The van der Waals surface area contributed by atoms with Crippen molar-refractivity contribution in [2.75, 3.05) is 0 Å². The highest BCUT2D eigenvalue weighted by Gasteiger charge is 2.21. The summed E-state index contributed by atoms with van der Waals surface area (Å²) in [5.74, 6) is -1.13. The minimum atomic E-state index is -4.79. The van der Waals surface area contributed by atoms with E-state index < -0.39 is 13.8 Å². The van der Waals surface area contributed by atoms with Gasteiger partial charge >= 0.3 is 13.8 Å². The summed E-state index contributed by atoms with van der Waals surface area (Å²) < 4.78 is 14.0. The van der Waals surface area contributed by atoms with Crippen LogP contribution in [0.4, 0.5) is 0 Å². The lowest BCUT2D eigenvalue weighted by atomic mass is 10.1. The molecule has 0 aromatic heterocycles. The number of nitrogens with two attached hydrogens (primary N) is 1.